The van der Waals surface area contributed by atoms with Gasteiger partial charge in [-0.25, -0.2) is 0 Å². The van der Waals surface area contributed by atoms with Crippen molar-refractivity contribution in [3.05, 3.63) is 28.3 Å². The first-order valence-corrected chi connectivity index (χ1v) is 3.22. The van der Waals surface area contributed by atoms with Crippen molar-refractivity contribution in [1.82, 2.24) is 0 Å². The highest BCUT2D eigenvalue weighted by molar-refractivity contribution is 7.80. The highest BCUT2D eigenvalue weighted by atomic mass is 32.1. The summed E-state index contributed by atoms with van der Waals surface area (Å²) in [5, 5.41) is 19.1. The van der Waals surface area contributed by atoms with E-state index in [1.54, 1.807) is 0 Å². The number of aromatic hydroxyl groups is 1. The molecule has 0 unspecified atom stereocenters. The van der Waals surface area contributed by atoms with Crippen LogP contribution < -0.4 is 0 Å². The number of hydrogen-bond acceptors (Lipinski definition) is 4. The SMILES string of the molecule is O=[N+]([O-])c1ccc(O)cc1S. The van der Waals surface area contributed by atoms with Gasteiger partial charge in [-0.05, 0) is 6.07 Å². The molecule has 11 heavy (non-hydrogen) atoms. The molecule has 4 nitrogen and oxygen atoms in total. The number of thiol groups is 1. The first-order valence-electron chi connectivity index (χ1n) is 2.77. The molecule has 0 bridgehead atoms. The molecule has 58 valence electrons. The Morgan fingerprint density at radius 3 is 2.64 bits per heavy atom. The lowest BCUT2D eigenvalue weighted by Crippen LogP contribution is -1.88. The standard InChI is InChI=1S/C6H5NO3S/c8-4-1-2-5(7(9)10)6(11)3-4/h1-3,8,11H. The maximum absolute atomic E-state index is 10.2. The summed E-state index contributed by atoms with van der Waals surface area (Å²) in [6, 6.07) is 3.68. The van der Waals surface area contributed by atoms with E-state index in [9.17, 15) is 10.1 Å². The van der Waals surface area contributed by atoms with Crippen LogP contribution in [0.5, 0.6) is 5.75 Å². The van der Waals surface area contributed by atoms with E-state index in [1.165, 1.54) is 18.2 Å². The summed E-state index contributed by atoms with van der Waals surface area (Å²) >= 11 is 3.81. The fraction of sp³-hybridized carbons (Fsp3) is 0. The Hall–Kier alpha value is -1.23. The summed E-state index contributed by atoms with van der Waals surface area (Å²) < 4.78 is 0. The topological polar surface area (TPSA) is 63.4 Å². The van der Waals surface area contributed by atoms with Gasteiger partial charge in [0.2, 0.25) is 0 Å². The molecule has 0 spiro atoms. The third kappa shape index (κ3) is 1.62. The lowest BCUT2D eigenvalue weighted by molar-refractivity contribution is -0.387. The Bertz CT molecular complexity index is 300. The zero-order valence-corrected chi connectivity index (χ0v) is 6.28. The van der Waals surface area contributed by atoms with Gasteiger partial charge < -0.3 is 5.11 Å². The van der Waals surface area contributed by atoms with Crippen LogP contribution in [0.2, 0.25) is 0 Å². The minimum Gasteiger partial charge on any atom is -0.508 e. The summed E-state index contributed by atoms with van der Waals surface area (Å²) in [6.07, 6.45) is 0. The van der Waals surface area contributed by atoms with E-state index in [1.807, 2.05) is 0 Å². The van der Waals surface area contributed by atoms with Crippen molar-refractivity contribution in [2.24, 2.45) is 0 Å². The van der Waals surface area contributed by atoms with Crippen molar-refractivity contribution in [1.29, 1.82) is 0 Å². The average molecular weight is 171 g/mol. The van der Waals surface area contributed by atoms with Gasteiger partial charge in [0.05, 0.1) is 9.82 Å². The van der Waals surface area contributed by atoms with Crippen molar-refractivity contribution < 1.29 is 10.0 Å². The molecule has 1 N–H and O–H groups in total. The van der Waals surface area contributed by atoms with Crippen molar-refractivity contribution in [3.63, 3.8) is 0 Å². The largest absolute Gasteiger partial charge is 0.508 e. The van der Waals surface area contributed by atoms with Crippen LogP contribution in [0, 0.1) is 10.1 Å². The molecule has 0 aliphatic heterocycles. The molecule has 0 radical (unpaired) electrons. The number of phenols is 1. The minimum atomic E-state index is -0.554. The zero-order valence-electron chi connectivity index (χ0n) is 5.39. The molecule has 1 aromatic rings. The third-order valence-corrected chi connectivity index (χ3v) is 1.51. The van der Waals surface area contributed by atoms with E-state index in [2.05, 4.69) is 12.6 Å². The van der Waals surface area contributed by atoms with Crippen LogP contribution in [0.4, 0.5) is 5.69 Å². The van der Waals surface area contributed by atoms with Gasteiger partial charge in [-0.3, -0.25) is 10.1 Å². The second-order valence-corrected chi connectivity index (χ2v) is 2.41. The number of nitrogens with zero attached hydrogens (tertiary/aromatic N) is 1. The van der Waals surface area contributed by atoms with Crippen LogP contribution in [0.15, 0.2) is 23.1 Å². The molecule has 0 saturated heterocycles. The normalized spacial score (nSPS) is 9.55. The molecule has 0 fully saturated rings. The van der Waals surface area contributed by atoms with Crippen molar-refractivity contribution in [3.8, 4) is 5.75 Å². The Balaban J connectivity index is 3.20. The molecule has 1 rings (SSSR count). The highest BCUT2D eigenvalue weighted by Crippen LogP contribution is 2.25. The van der Waals surface area contributed by atoms with Gasteiger partial charge in [0.25, 0.3) is 5.69 Å². The van der Waals surface area contributed by atoms with Crippen LogP contribution in [0.3, 0.4) is 0 Å². The summed E-state index contributed by atoms with van der Waals surface area (Å²) in [5.41, 5.74) is -0.105. The number of hydrogen-bond donors (Lipinski definition) is 2. The number of phenolic OH excluding ortho intramolecular Hbond substituents is 1. The summed E-state index contributed by atoms with van der Waals surface area (Å²) in [5.74, 6) is -0.0272. The molecule has 0 aliphatic carbocycles. The second kappa shape index (κ2) is 2.79. The lowest BCUT2D eigenvalue weighted by Gasteiger charge is -1.95. The van der Waals surface area contributed by atoms with Gasteiger partial charge in [-0.2, -0.15) is 0 Å². The van der Waals surface area contributed by atoms with Crippen molar-refractivity contribution in [2.45, 2.75) is 4.90 Å². The number of nitro groups is 1. The average Bonchev–Trinajstić information content (AvgIpc) is 1.85. The molecule has 0 atom stereocenters. The van der Waals surface area contributed by atoms with E-state index in [-0.39, 0.29) is 16.3 Å². The first-order chi connectivity index (χ1) is 5.11. The predicted octanol–water partition coefficient (Wildman–Crippen LogP) is 1.59. The van der Waals surface area contributed by atoms with E-state index < -0.39 is 4.92 Å². The molecule has 0 amide bonds. The van der Waals surface area contributed by atoms with Crippen molar-refractivity contribution >= 4 is 18.3 Å². The number of nitro benzene ring substituents is 1. The minimum absolute atomic E-state index is 0.0272. The molecule has 0 aromatic heterocycles. The van der Waals surface area contributed by atoms with Crippen LogP contribution in [-0.4, -0.2) is 10.0 Å². The second-order valence-electron chi connectivity index (χ2n) is 1.93. The monoisotopic (exact) mass is 171 g/mol. The van der Waals surface area contributed by atoms with E-state index in [4.69, 9.17) is 5.11 Å². The Labute approximate surface area is 68.0 Å². The van der Waals surface area contributed by atoms with Crippen LogP contribution >= 0.6 is 12.6 Å². The smallest absolute Gasteiger partial charge is 0.282 e. The van der Waals surface area contributed by atoms with Gasteiger partial charge in [0, 0.05) is 12.1 Å². The maximum atomic E-state index is 10.2. The van der Waals surface area contributed by atoms with Gasteiger partial charge in [0.1, 0.15) is 5.75 Å². The molecule has 0 saturated carbocycles. The number of rotatable bonds is 1. The van der Waals surface area contributed by atoms with Gasteiger partial charge in [0.15, 0.2) is 0 Å². The molecule has 0 aliphatic rings. The van der Waals surface area contributed by atoms with Crippen LogP contribution in [0.1, 0.15) is 0 Å². The molecule has 1 aromatic carbocycles. The maximum Gasteiger partial charge on any atom is 0.282 e. The first kappa shape index (κ1) is 7.87. The number of benzene rings is 1. The quantitative estimate of drug-likeness (QED) is 0.383. The van der Waals surface area contributed by atoms with Gasteiger partial charge >= 0.3 is 0 Å². The Kier molecular flexibility index (Phi) is 2.00. The molecular weight excluding hydrogens is 166 g/mol. The summed E-state index contributed by atoms with van der Waals surface area (Å²) in [6.45, 7) is 0. The van der Waals surface area contributed by atoms with Gasteiger partial charge in [-0.1, -0.05) is 0 Å². The highest BCUT2D eigenvalue weighted by Gasteiger charge is 2.09. The predicted molar refractivity (Wildman–Crippen MR) is 42.0 cm³/mol. The van der Waals surface area contributed by atoms with E-state index >= 15 is 0 Å². The fourth-order valence-corrected chi connectivity index (χ4v) is 0.955. The van der Waals surface area contributed by atoms with E-state index in [0.717, 1.165) is 0 Å². The van der Waals surface area contributed by atoms with E-state index in [0.29, 0.717) is 0 Å². The molecule has 5 heteroatoms. The van der Waals surface area contributed by atoms with Crippen molar-refractivity contribution in [2.75, 3.05) is 0 Å². The van der Waals surface area contributed by atoms with Crippen LogP contribution in [-0.2, 0) is 0 Å². The fourth-order valence-electron chi connectivity index (χ4n) is 0.666. The zero-order chi connectivity index (χ0) is 8.43. The third-order valence-electron chi connectivity index (χ3n) is 1.16. The lowest BCUT2D eigenvalue weighted by atomic mass is 10.3. The van der Waals surface area contributed by atoms with Gasteiger partial charge in [-0.15, -0.1) is 12.6 Å². The Morgan fingerprint density at radius 1 is 1.55 bits per heavy atom. The molecular formula is C6H5NO3S. The Morgan fingerprint density at radius 2 is 2.18 bits per heavy atom. The summed E-state index contributed by atoms with van der Waals surface area (Å²) in [7, 11) is 0. The summed E-state index contributed by atoms with van der Waals surface area (Å²) in [4.78, 5) is 9.82. The van der Waals surface area contributed by atoms with Crippen LogP contribution in [0.25, 0.3) is 0 Å². The molecule has 0 heterocycles.